The lowest BCUT2D eigenvalue weighted by Crippen LogP contribution is -2.25. The molecule has 2 N–H and O–H groups in total. The van der Waals surface area contributed by atoms with Gasteiger partial charge in [-0.05, 0) is 43.2 Å². The van der Waals surface area contributed by atoms with Crippen LogP contribution in [0.15, 0.2) is 24.3 Å². The Morgan fingerprint density at radius 1 is 1.33 bits per heavy atom. The maximum Gasteiger partial charge on any atom is 0.0414 e. The third-order valence-corrected chi connectivity index (χ3v) is 3.83. The van der Waals surface area contributed by atoms with Crippen molar-refractivity contribution in [3.8, 4) is 0 Å². The van der Waals surface area contributed by atoms with Crippen LogP contribution in [0.1, 0.15) is 51.1 Å². The van der Waals surface area contributed by atoms with Crippen LogP contribution in [-0.2, 0) is 0 Å². The van der Waals surface area contributed by atoms with Crippen LogP contribution in [0.4, 0.5) is 5.69 Å². The van der Waals surface area contributed by atoms with Gasteiger partial charge in [0.1, 0.15) is 0 Å². The average molecular weight is 246 g/mol. The summed E-state index contributed by atoms with van der Waals surface area (Å²) in [6, 6.07) is 8.88. The van der Waals surface area contributed by atoms with E-state index >= 15 is 0 Å². The van der Waals surface area contributed by atoms with Gasteiger partial charge in [-0.15, -0.1) is 0 Å². The van der Waals surface area contributed by atoms with Gasteiger partial charge < -0.3 is 10.6 Å². The van der Waals surface area contributed by atoms with Crippen molar-refractivity contribution in [3.63, 3.8) is 0 Å². The number of hydrogen-bond acceptors (Lipinski definition) is 2. The largest absolute Gasteiger partial charge is 0.371 e. The number of rotatable bonds is 4. The second-order valence-corrected chi connectivity index (χ2v) is 5.83. The van der Waals surface area contributed by atoms with Crippen molar-refractivity contribution < 1.29 is 0 Å². The topological polar surface area (TPSA) is 29.3 Å². The smallest absolute Gasteiger partial charge is 0.0414 e. The van der Waals surface area contributed by atoms with Crippen LogP contribution >= 0.6 is 0 Å². The Bertz CT molecular complexity index is 373. The van der Waals surface area contributed by atoms with E-state index in [4.69, 9.17) is 5.73 Å². The predicted octanol–water partition coefficient (Wildman–Crippen LogP) is 3.72. The van der Waals surface area contributed by atoms with Crippen molar-refractivity contribution in [1.29, 1.82) is 0 Å². The quantitative estimate of drug-likeness (QED) is 0.877. The van der Waals surface area contributed by atoms with Crippen molar-refractivity contribution in [1.82, 2.24) is 0 Å². The van der Waals surface area contributed by atoms with Gasteiger partial charge in [0.05, 0.1) is 0 Å². The standard InChI is InChI=1S/C16H26N2/c1-13(2)7-5-11-18-12-6-9-15(17)14-8-3-4-10-16(14)18/h3-4,8,10,13,15H,5-7,9,11-12,17H2,1-2H3. The van der Waals surface area contributed by atoms with E-state index in [0.717, 1.165) is 18.9 Å². The number of nitrogens with zero attached hydrogens (tertiary/aromatic N) is 1. The minimum Gasteiger partial charge on any atom is -0.371 e. The van der Waals surface area contributed by atoms with Gasteiger partial charge in [-0.1, -0.05) is 32.0 Å². The fraction of sp³-hybridized carbons (Fsp3) is 0.625. The SMILES string of the molecule is CC(C)CCCN1CCCC(N)c2ccccc21. The molecule has 1 aliphatic rings. The summed E-state index contributed by atoms with van der Waals surface area (Å²) < 4.78 is 0. The van der Waals surface area contributed by atoms with E-state index in [1.807, 2.05) is 0 Å². The first-order valence-electron chi connectivity index (χ1n) is 7.28. The lowest BCUT2D eigenvalue weighted by atomic mass is 10.0. The molecule has 18 heavy (non-hydrogen) atoms. The Morgan fingerprint density at radius 3 is 2.89 bits per heavy atom. The third kappa shape index (κ3) is 3.26. The second kappa shape index (κ2) is 6.24. The molecule has 0 fully saturated rings. The molecular formula is C16H26N2. The van der Waals surface area contributed by atoms with E-state index in [1.165, 1.54) is 37.1 Å². The summed E-state index contributed by atoms with van der Waals surface area (Å²) in [4.78, 5) is 2.53. The van der Waals surface area contributed by atoms with Crippen molar-refractivity contribution in [2.45, 2.75) is 45.6 Å². The van der Waals surface area contributed by atoms with Gasteiger partial charge >= 0.3 is 0 Å². The molecule has 100 valence electrons. The van der Waals surface area contributed by atoms with Crippen LogP contribution in [0.2, 0.25) is 0 Å². The van der Waals surface area contributed by atoms with Crippen LogP contribution in [0, 0.1) is 5.92 Å². The molecule has 2 rings (SSSR count). The molecule has 2 nitrogen and oxygen atoms in total. The summed E-state index contributed by atoms with van der Waals surface area (Å²) in [5, 5.41) is 0. The minimum atomic E-state index is 0.219. The van der Waals surface area contributed by atoms with Crippen LogP contribution in [0.25, 0.3) is 0 Å². The van der Waals surface area contributed by atoms with Gasteiger partial charge in [-0.25, -0.2) is 0 Å². The molecule has 2 heteroatoms. The maximum atomic E-state index is 6.26. The number of anilines is 1. The summed E-state index contributed by atoms with van der Waals surface area (Å²) in [7, 11) is 0. The number of nitrogens with two attached hydrogens (primary N) is 1. The normalized spacial score (nSPS) is 19.8. The highest BCUT2D eigenvalue weighted by molar-refractivity contribution is 5.55. The first-order valence-corrected chi connectivity index (χ1v) is 7.28. The van der Waals surface area contributed by atoms with Gasteiger partial charge in [0, 0.05) is 24.8 Å². The first-order chi connectivity index (χ1) is 8.68. The van der Waals surface area contributed by atoms with E-state index < -0.39 is 0 Å². The Morgan fingerprint density at radius 2 is 2.11 bits per heavy atom. The summed E-state index contributed by atoms with van der Waals surface area (Å²) in [5.41, 5.74) is 8.96. The first kappa shape index (κ1) is 13.4. The molecule has 1 aromatic rings. The maximum absolute atomic E-state index is 6.26. The Kier molecular flexibility index (Phi) is 4.65. The molecule has 0 aromatic heterocycles. The van der Waals surface area contributed by atoms with E-state index in [2.05, 4.69) is 43.0 Å². The molecule has 1 aromatic carbocycles. The van der Waals surface area contributed by atoms with Crippen LogP contribution in [-0.4, -0.2) is 13.1 Å². The molecule has 1 atom stereocenters. The van der Waals surface area contributed by atoms with Crippen molar-refractivity contribution >= 4 is 5.69 Å². The number of benzene rings is 1. The Balaban J connectivity index is 2.08. The molecule has 1 heterocycles. The number of para-hydroxylation sites is 1. The molecule has 0 spiro atoms. The lowest BCUT2D eigenvalue weighted by Gasteiger charge is -2.25. The van der Waals surface area contributed by atoms with Gasteiger partial charge in [-0.2, -0.15) is 0 Å². The van der Waals surface area contributed by atoms with Gasteiger partial charge in [-0.3, -0.25) is 0 Å². The molecule has 0 amide bonds. The highest BCUT2D eigenvalue weighted by atomic mass is 15.1. The Hall–Kier alpha value is -1.02. The lowest BCUT2D eigenvalue weighted by molar-refractivity contribution is 0.545. The summed E-state index contributed by atoms with van der Waals surface area (Å²) in [6.45, 7) is 6.92. The minimum absolute atomic E-state index is 0.219. The average Bonchev–Trinajstić information content (AvgIpc) is 2.50. The van der Waals surface area contributed by atoms with Crippen molar-refractivity contribution in [3.05, 3.63) is 29.8 Å². The van der Waals surface area contributed by atoms with E-state index in [1.54, 1.807) is 0 Å². The van der Waals surface area contributed by atoms with Gasteiger partial charge in [0.2, 0.25) is 0 Å². The van der Waals surface area contributed by atoms with Crippen LogP contribution in [0.5, 0.6) is 0 Å². The zero-order chi connectivity index (χ0) is 13.0. The highest BCUT2D eigenvalue weighted by Gasteiger charge is 2.19. The Labute approximate surface area is 111 Å². The molecule has 0 bridgehead atoms. The number of hydrogen-bond donors (Lipinski definition) is 1. The number of fused-ring (bicyclic) bond motifs is 1. The zero-order valence-corrected chi connectivity index (χ0v) is 11.7. The van der Waals surface area contributed by atoms with Gasteiger partial charge in [0.15, 0.2) is 0 Å². The zero-order valence-electron chi connectivity index (χ0n) is 11.7. The van der Waals surface area contributed by atoms with E-state index in [0.29, 0.717) is 0 Å². The van der Waals surface area contributed by atoms with Crippen LogP contribution < -0.4 is 10.6 Å². The molecule has 1 unspecified atom stereocenters. The van der Waals surface area contributed by atoms with Gasteiger partial charge in [0.25, 0.3) is 0 Å². The monoisotopic (exact) mass is 246 g/mol. The second-order valence-electron chi connectivity index (χ2n) is 5.83. The fourth-order valence-corrected chi connectivity index (χ4v) is 2.79. The molecular weight excluding hydrogens is 220 g/mol. The molecule has 0 saturated carbocycles. The molecule has 0 radical (unpaired) electrons. The van der Waals surface area contributed by atoms with Crippen LogP contribution in [0.3, 0.4) is 0 Å². The summed E-state index contributed by atoms with van der Waals surface area (Å²) in [6.07, 6.45) is 4.90. The fourth-order valence-electron chi connectivity index (χ4n) is 2.79. The summed E-state index contributed by atoms with van der Waals surface area (Å²) >= 11 is 0. The predicted molar refractivity (Wildman–Crippen MR) is 78.9 cm³/mol. The third-order valence-electron chi connectivity index (χ3n) is 3.83. The highest BCUT2D eigenvalue weighted by Crippen LogP contribution is 2.31. The molecule has 0 saturated heterocycles. The molecule has 1 aliphatic heterocycles. The molecule has 0 aliphatic carbocycles. The summed E-state index contributed by atoms with van der Waals surface area (Å²) in [5.74, 6) is 0.800. The van der Waals surface area contributed by atoms with E-state index in [9.17, 15) is 0 Å². The van der Waals surface area contributed by atoms with Crippen molar-refractivity contribution in [2.24, 2.45) is 11.7 Å². The van der Waals surface area contributed by atoms with Crippen molar-refractivity contribution in [2.75, 3.05) is 18.0 Å². The van der Waals surface area contributed by atoms with E-state index in [-0.39, 0.29) is 6.04 Å².